The predicted molar refractivity (Wildman–Crippen MR) is 85.5 cm³/mol. The monoisotopic (exact) mass is 326 g/mol. The fraction of sp³-hybridized carbons (Fsp3) is 0.786. The summed E-state index contributed by atoms with van der Waals surface area (Å²) >= 11 is 3.32. The van der Waals surface area contributed by atoms with Gasteiger partial charge in [0.1, 0.15) is 5.01 Å². The number of hydrogen-bond donors (Lipinski definition) is 0. The van der Waals surface area contributed by atoms with E-state index in [-0.39, 0.29) is 0 Å². The third kappa shape index (κ3) is 3.76. The van der Waals surface area contributed by atoms with Crippen molar-refractivity contribution in [2.45, 2.75) is 36.6 Å². The van der Waals surface area contributed by atoms with Gasteiger partial charge in [0, 0.05) is 32.1 Å². The Hall–Kier alpha value is -0.660. The van der Waals surface area contributed by atoms with Gasteiger partial charge in [0.15, 0.2) is 4.34 Å². The van der Waals surface area contributed by atoms with Crippen LogP contribution in [0, 0.1) is 5.92 Å². The number of amides is 1. The van der Waals surface area contributed by atoms with Crippen LogP contribution in [0.1, 0.15) is 30.7 Å². The highest BCUT2D eigenvalue weighted by molar-refractivity contribution is 8.00. The molecule has 2 heterocycles. The summed E-state index contributed by atoms with van der Waals surface area (Å²) in [5.41, 5.74) is 0. The van der Waals surface area contributed by atoms with Crippen molar-refractivity contribution in [2.24, 2.45) is 5.92 Å². The van der Waals surface area contributed by atoms with E-state index < -0.39 is 0 Å². The Labute approximate surface area is 134 Å². The van der Waals surface area contributed by atoms with E-state index in [1.807, 2.05) is 6.26 Å². The molecule has 0 radical (unpaired) electrons. The summed E-state index contributed by atoms with van der Waals surface area (Å²) in [5, 5.41) is 9.44. The first kappa shape index (κ1) is 15.2. The molecule has 1 aromatic heterocycles. The lowest BCUT2D eigenvalue weighted by Gasteiger charge is -2.35. The number of carbonyl (C=O) groups is 1. The quantitative estimate of drug-likeness (QED) is 0.793. The van der Waals surface area contributed by atoms with Crippen LogP contribution in [0.2, 0.25) is 0 Å². The highest BCUT2D eigenvalue weighted by atomic mass is 32.2. The molecular weight excluding hydrogens is 304 g/mol. The molecule has 0 aromatic carbocycles. The van der Waals surface area contributed by atoms with Crippen molar-refractivity contribution in [2.75, 3.05) is 32.4 Å². The largest absolute Gasteiger partial charge is 0.340 e. The molecule has 0 unspecified atom stereocenters. The van der Waals surface area contributed by atoms with Crippen LogP contribution in [-0.2, 0) is 11.3 Å². The van der Waals surface area contributed by atoms with Crippen LogP contribution in [0.5, 0.6) is 0 Å². The summed E-state index contributed by atoms with van der Waals surface area (Å²) in [6, 6.07) is 0. The van der Waals surface area contributed by atoms with E-state index in [9.17, 15) is 4.79 Å². The second-order valence-electron chi connectivity index (χ2n) is 5.75. The summed E-state index contributed by atoms with van der Waals surface area (Å²) in [5.74, 6) is 0.705. The first-order valence-electron chi connectivity index (χ1n) is 7.64. The highest BCUT2D eigenvalue weighted by Crippen LogP contribution is 2.27. The van der Waals surface area contributed by atoms with Crippen LogP contribution in [0.25, 0.3) is 0 Å². The fourth-order valence-electron chi connectivity index (χ4n) is 3.13. The SMILES string of the molecule is CSc1nnc(CN2CCN(C(=O)C3CCCC3)CC2)s1. The third-order valence-electron chi connectivity index (χ3n) is 4.37. The van der Waals surface area contributed by atoms with Crippen LogP contribution >= 0.6 is 23.1 Å². The molecule has 5 nitrogen and oxygen atoms in total. The normalized spacial score (nSPS) is 21.1. The lowest BCUT2D eigenvalue weighted by molar-refractivity contribution is -0.137. The van der Waals surface area contributed by atoms with Crippen LogP contribution in [0.15, 0.2) is 4.34 Å². The summed E-state index contributed by atoms with van der Waals surface area (Å²) < 4.78 is 1.03. The molecule has 1 aromatic rings. The first-order valence-corrected chi connectivity index (χ1v) is 9.68. The van der Waals surface area contributed by atoms with E-state index in [1.54, 1.807) is 23.1 Å². The van der Waals surface area contributed by atoms with Gasteiger partial charge in [0.25, 0.3) is 0 Å². The minimum atomic E-state index is 0.309. The van der Waals surface area contributed by atoms with Crippen molar-refractivity contribution < 1.29 is 4.79 Å². The van der Waals surface area contributed by atoms with E-state index in [4.69, 9.17) is 0 Å². The summed E-state index contributed by atoms with van der Waals surface area (Å²) in [6.07, 6.45) is 6.68. The highest BCUT2D eigenvalue weighted by Gasteiger charge is 2.29. The van der Waals surface area contributed by atoms with Gasteiger partial charge in [-0.05, 0) is 19.1 Å². The zero-order valence-corrected chi connectivity index (χ0v) is 14.1. The van der Waals surface area contributed by atoms with Gasteiger partial charge in [-0.25, -0.2) is 0 Å². The molecule has 21 heavy (non-hydrogen) atoms. The van der Waals surface area contributed by atoms with Crippen molar-refractivity contribution in [3.05, 3.63) is 5.01 Å². The van der Waals surface area contributed by atoms with Crippen molar-refractivity contribution in [1.82, 2.24) is 20.0 Å². The molecule has 0 N–H and O–H groups in total. The van der Waals surface area contributed by atoms with E-state index in [1.165, 1.54) is 12.8 Å². The van der Waals surface area contributed by atoms with E-state index in [0.717, 1.165) is 54.9 Å². The lowest BCUT2D eigenvalue weighted by Crippen LogP contribution is -2.49. The van der Waals surface area contributed by atoms with Gasteiger partial charge >= 0.3 is 0 Å². The molecule has 7 heteroatoms. The van der Waals surface area contributed by atoms with Gasteiger partial charge in [0.05, 0.1) is 6.54 Å². The maximum atomic E-state index is 12.4. The molecule has 1 saturated heterocycles. The van der Waals surface area contributed by atoms with E-state index >= 15 is 0 Å². The van der Waals surface area contributed by atoms with Crippen molar-refractivity contribution in [3.8, 4) is 0 Å². The molecule has 3 rings (SSSR count). The summed E-state index contributed by atoms with van der Waals surface area (Å²) in [4.78, 5) is 16.8. The Balaban J connectivity index is 1.47. The average molecular weight is 326 g/mol. The molecule has 1 aliphatic carbocycles. The molecule has 2 aliphatic rings. The minimum absolute atomic E-state index is 0.309. The van der Waals surface area contributed by atoms with Gasteiger partial charge in [0.2, 0.25) is 5.91 Å². The smallest absolute Gasteiger partial charge is 0.225 e. The molecule has 116 valence electrons. The Bertz CT molecular complexity index is 479. The van der Waals surface area contributed by atoms with Gasteiger partial charge in [-0.1, -0.05) is 35.9 Å². The van der Waals surface area contributed by atoms with Crippen molar-refractivity contribution in [1.29, 1.82) is 0 Å². The zero-order valence-electron chi connectivity index (χ0n) is 12.5. The number of aromatic nitrogens is 2. The number of nitrogens with zero attached hydrogens (tertiary/aromatic N) is 4. The first-order chi connectivity index (χ1) is 10.3. The van der Waals surface area contributed by atoms with Gasteiger partial charge < -0.3 is 4.90 Å². The molecule has 0 spiro atoms. The number of carbonyl (C=O) groups excluding carboxylic acids is 1. The third-order valence-corrected chi connectivity index (χ3v) is 6.25. The Morgan fingerprint density at radius 1 is 1.24 bits per heavy atom. The lowest BCUT2D eigenvalue weighted by atomic mass is 10.1. The van der Waals surface area contributed by atoms with Crippen LogP contribution in [-0.4, -0.2) is 58.3 Å². The summed E-state index contributed by atoms with van der Waals surface area (Å²) in [7, 11) is 0. The Kier molecular flexibility index (Phi) is 5.13. The van der Waals surface area contributed by atoms with Crippen LogP contribution in [0.3, 0.4) is 0 Å². The topological polar surface area (TPSA) is 49.3 Å². The maximum Gasteiger partial charge on any atom is 0.225 e. The number of piperazine rings is 1. The molecule has 0 bridgehead atoms. The number of hydrogen-bond acceptors (Lipinski definition) is 6. The average Bonchev–Trinajstić information content (AvgIpc) is 3.19. The maximum absolute atomic E-state index is 12.4. The van der Waals surface area contributed by atoms with Gasteiger partial charge in [-0.3, -0.25) is 9.69 Å². The Morgan fingerprint density at radius 3 is 2.57 bits per heavy atom. The molecular formula is C14H22N4OS2. The molecule has 0 atom stereocenters. The van der Waals surface area contributed by atoms with Crippen LogP contribution < -0.4 is 0 Å². The minimum Gasteiger partial charge on any atom is -0.340 e. The number of rotatable bonds is 4. The molecule has 1 aliphatic heterocycles. The van der Waals surface area contributed by atoms with E-state index in [2.05, 4.69) is 20.0 Å². The summed E-state index contributed by atoms with van der Waals surface area (Å²) in [6.45, 7) is 4.50. The van der Waals surface area contributed by atoms with Gasteiger partial charge in [-0.15, -0.1) is 10.2 Å². The van der Waals surface area contributed by atoms with Crippen molar-refractivity contribution >= 4 is 29.0 Å². The zero-order chi connectivity index (χ0) is 14.7. The second-order valence-corrected chi connectivity index (χ2v) is 7.86. The number of thioether (sulfide) groups is 1. The van der Waals surface area contributed by atoms with Crippen LogP contribution in [0.4, 0.5) is 0 Å². The standard InChI is InChI=1S/C14H22N4OS2/c1-20-14-16-15-12(21-14)10-17-6-8-18(9-7-17)13(19)11-4-2-3-5-11/h11H,2-10H2,1H3. The Morgan fingerprint density at radius 2 is 1.95 bits per heavy atom. The predicted octanol–water partition coefficient (Wildman–Crippen LogP) is 2.09. The molecule has 1 saturated carbocycles. The van der Waals surface area contributed by atoms with Gasteiger partial charge in [-0.2, -0.15) is 0 Å². The fourth-order valence-corrected chi connectivity index (χ4v) is 4.49. The molecule has 2 fully saturated rings. The molecule has 1 amide bonds. The van der Waals surface area contributed by atoms with E-state index in [0.29, 0.717) is 11.8 Å². The second kappa shape index (κ2) is 7.07. The van der Waals surface area contributed by atoms with Crippen molar-refractivity contribution in [3.63, 3.8) is 0 Å².